The van der Waals surface area contributed by atoms with Gasteiger partial charge in [0.15, 0.2) is 5.02 Å². The summed E-state index contributed by atoms with van der Waals surface area (Å²) in [6.45, 7) is 1.59. The van der Waals surface area contributed by atoms with Crippen molar-refractivity contribution in [3.05, 3.63) is 20.8 Å². The zero-order chi connectivity index (χ0) is 7.72. The fourth-order valence-electron chi connectivity index (χ4n) is 0.527. The number of nitrogens with one attached hydrogen (secondary N) is 1. The molecule has 5 nitrogen and oxygen atoms in total. The third-order valence-corrected chi connectivity index (χ3v) is 1.49. The highest BCUT2D eigenvalue weighted by molar-refractivity contribution is 6.33. The van der Waals surface area contributed by atoms with Gasteiger partial charge in [0, 0.05) is 0 Å². The van der Waals surface area contributed by atoms with E-state index in [-0.39, 0.29) is 10.8 Å². The van der Waals surface area contributed by atoms with E-state index in [0.29, 0.717) is 5.69 Å². The first kappa shape index (κ1) is 7.01. The summed E-state index contributed by atoms with van der Waals surface area (Å²) >= 11 is 5.47. The second kappa shape index (κ2) is 2.26. The summed E-state index contributed by atoms with van der Waals surface area (Å²) in [6.07, 6.45) is 0. The molecule has 54 valence electrons. The molecular weight excluding hydrogens is 158 g/mol. The fourth-order valence-corrected chi connectivity index (χ4v) is 0.681. The zero-order valence-electron chi connectivity index (χ0n) is 5.09. The van der Waals surface area contributed by atoms with Crippen molar-refractivity contribution in [2.75, 3.05) is 0 Å². The number of aromatic amines is 1. The van der Waals surface area contributed by atoms with Crippen molar-refractivity contribution in [2.45, 2.75) is 6.92 Å². The lowest BCUT2D eigenvalue weighted by atomic mass is 10.5. The van der Waals surface area contributed by atoms with Crippen LogP contribution in [0.5, 0.6) is 0 Å². The second-order valence-electron chi connectivity index (χ2n) is 1.73. The topological polar surface area (TPSA) is 71.8 Å². The highest BCUT2D eigenvalue weighted by Crippen LogP contribution is 2.23. The molecule has 0 amide bonds. The van der Waals surface area contributed by atoms with Crippen molar-refractivity contribution in [3.63, 3.8) is 0 Å². The molecule has 1 aromatic heterocycles. The monoisotopic (exact) mass is 161 g/mol. The van der Waals surface area contributed by atoms with Gasteiger partial charge in [0.2, 0.25) is 0 Å². The molecule has 0 bridgehead atoms. The molecule has 1 aromatic rings. The van der Waals surface area contributed by atoms with Crippen molar-refractivity contribution >= 4 is 17.4 Å². The Labute approximate surface area is 61.1 Å². The molecule has 0 aliphatic rings. The van der Waals surface area contributed by atoms with Gasteiger partial charge in [-0.3, -0.25) is 0 Å². The Morgan fingerprint density at radius 1 is 1.80 bits per heavy atom. The van der Waals surface area contributed by atoms with E-state index in [1.807, 2.05) is 0 Å². The summed E-state index contributed by atoms with van der Waals surface area (Å²) in [4.78, 5) is 9.48. The maximum atomic E-state index is 10.1. The summed E-state index contributed by atoms with van der Waals surface area (Å²) in [5.74, 6) is -0.251. The molecule has 0 radical (unpaired) electrons. The first-order valence-corrected chi connectivity index (χ1v) is 2.85. The highest BCUT2D eigenvalue weighted by atomic mass is 35.5. The maximum Gasteiger partial charge on any atom is 0.361 e. The van der Waals surface area contributed by atoms with Gasteiger partial charge in [-0.25, -0.2) is 0 Å². The van der Waals surface area contributed by atoms with Gasteiger partial charge in [0.1, 0.15) is 5.69 Å². The molecule has 0 aliphatic carbocycles. The molecule has 0 aliphatic heterocycles. The predicted octanol–water partition coefficient (Wildman–Crippen LogP) is 1.28. The fraction of sp³-hybridized carbons (Fsp3) is 0.250. The van der Waals surface area contributed by atoms with E-state index < -0.39 is 4.92 Å². The van der Waals surface area contributed by atoms with Crippen molar-refractivity contribution < 1.29 is 4.92 Å². The summed E-state index contributed by atoms with van der Waals surface area (Å²) in [7, 11) is 0. The summed E-state index contributed by atoms with van der Waals surface area (Å²) < 4.78 is 0. The van der Waals surface area contributed by atoms with Crippen LogP contribution in [-0.2, 0) is 0 Å². The van der Waals surface area contributed by atoms with Crippen LogP contribution in [0.3, 0.4) is 0 Å². The number of halogens is 1. The maximum absolute atomic E-state index is 10.1. The van der Waals surface area contributed by atoms with E-state index in [9.17, 15) is 10.1 Å². The van der Waals surface area contributed by atoms with E-state index in [2.05, 4.69) is 10.2 Å². The van der Waals surface area contributed by atoms with Crippen LogP contribution >= 0.6 is 11.6 Å². The Kier molecular flexibility index (Phi) is 1.58. The number of rotatable bonds is 1. The number of nitro groups is 1. The molecule has 0 atom stereocenters. The first-order chi connectivity index (χ1) is 4.63. The molecule has 0 aromatic carbocycles. The number of aryl methyl sites for hydroxylation is 1. The molecular formula is C4H4ClN3O2. The Morgan fingerprint density at radius 2 is 2.40 bits per heavy atom. The van der Waals surface area contributed by atoms with Crippen LogP contribution in [0.15, 0.2) is 0 Å². The largest absolute Gasteiger partial charge is 0.361 e. The molecule has 0 saturated heterocycles. The minimum absolute atomic E-state index is 0.0741. The van der Waals surface area contributed by atoms with E-state index >= 15 is 0 Å². The SMILES string of the molecule is Cc1n[nH]c([N+](=O)[O-])c1Cl. The average molecular weight is 162 g/mol. The predicted molar refractivity (Wildman–Crippen MR) is 35.0 cm³/mol. The van der Waals surface area contributed by atoms with Gasteiger partial charge in [-0.05, 0) is 11.8 Å². The zero-order valence-corrected chi connectivity index (χ0v) is 5.84. The summed E-state index contributed by atoms with van der Waals surface area (Å²) in [5.41, 5.74) is 0.438. The van der Waals surface area contributed by atoms with Gasteiger partial charge >= 0.3 is 5.82 Å². The highest BCUT2D eigenvalue weighted by Gasteiger charge is 2.15. The van der Waals surface area contributed by atoms with Crippen LogP contribution in [-0.4, -0.2) is 15.1 Å². The van der Waals surface area contributed by atoms with Crippen LogP contribution in [0.2, 0.25) is 5.02 Å². The minimum atomic E-state index is -0.609. The molecule has 6 heteroatoms. The molecule has 1 N–H and O–H groups in total. The molecule has 1 heterocycles. The number of hydrogen-bond acceptors (Lipinski definition) is 3. The lowest BCUT2D eigenvalue weighted by Crippen LogP contribution is -1.87. The Balaban J connectivity index is 3.17. The first-order valence-electron chi connectivity index (χ1n) is 2.47. The van der Waals surface area contributed by atoms with Gasteiger partial charge in [0.25, 0.3) is 0 Å². The van der Waals surface area contributed by atoms with Crippen LogP contribution in [0.1, 0.15) is 5.69 Å². The molecule has 1 rings (SSSR count). The molecule has 0 unspecified atom stereocenters. The van der Waals surface area contributed by atoms with Gasteiger partial charge in [-0.15, -0.1) is 5.10 Å². The van der Waals surface area contributed by atoms with Crippen molar-refractivity contribution in [1.29, 1.82) is 0 Å². The smallest absolute Gasteiger partial charge is 0.358 e. The Bertz CT molecular complexity index is 269. The third kappa shape index (κ3) is 0.950. The van der Waals surface area contributed by atoms with Gasteiger partial charge in [-0.2, -0.15) is 0 Å². The lowest BCUT2D eigenvalue weighted by Gasteiger charge is -1.87. The summed E-state index contributed by atoms with van der Waals surface area (Å²) in [5, 5.41) is 15.9. The van der Waals surface area contributed by atoms with Crippen LogP contribution < -0.4 is 0 Å². The molecule has 0 spiro atoms. The van der Waals surface area contributed by atoms with Crippen molar-refractivity contribution in [3.8, 4) is 0 Å². The average Bonchev–Trinajstić information content (AvgIpc) is 2.14. The second-order valence-corrected chi connectivity index (χ2v) is 2.11. The van der Waals surface area contributed by atoms with Crippen LogP contribution in [0, 0.1) is 17.0 Å². The van der Waals surface area contributed by atoms with Gasteiger partial charge < -0.3 is 10.1 Å². The van der Waals surface area contributed by atoms with E-state index in [1.165, 1.54) is 0 Å². The lowest BCUT2D eigenvalue weighted by molar-refractivity contribution is -0.389. The van der Waals surface area contributed by atoms with Gasteiger partial charge in [0.05, 0.1) is 0 Å². The number of aromatic nitrogens is 2. The van der Waals surface area contributed by atoms with E-state index in [1.54, 1.807) is 6.92 Å². The van der Waals surface area contributed by atoms with E-state index in [0.717, 1.165) is 0 Å². The van der Waals surface area contributed by atoms with Gasteiger partial charge in [-0.1, -0.05) is 16.7 Å². The number of hydrogen-bond donors (Lipinski definition) is 1. The van der Waals surface area contributed by atoms with Crippen molar-refractivity contribution in [2.24, 2.45) is 0 Å². The molecule has 0 fully saturated rings. The summed E-state index contributed by atoms with van der Waals surface area (Å²) in [6, 6.07) is 0. The number of H-pyrrole nitrogens is 1. The van der Waals surface area contributed by atoms with E-state index in [4.69, 9.17) is 11.6 Å². The standard InChI is InChI=1S/C4H4ClN3O2/c1-2-3(5)4(7-6-2)8(9)10/h1H3,(H,6,7). The third-order valence-electron chi connectivity index (χ3n) is 1.04. The molecule has 0 saturated carbocycles. The minimum Gasteiger partial charge on any atom is -0.358 e. The number of nitrogens with zero attached hydrogens (tertiary/aromatic N) is 2. The van der Waals surface area contributed by atoms with Crippen LogP contribution in [0.4, 0.5) is 5.82 Å². The molecule has 10 heavy (non-hydrogen) atoms. The quantitative estimate of drug-likeness (QED) is 0.498. The van der Waals surface area contributed by atoms with Crippen LogP contribution in [0.25, 0.3) is 0 Å². The normalized spacial score (nSPS) is 9.80. The Morgan fingerprint density at radius 3 is 2.60 bits per heavy atom. The Hall–Kier alpha value is -1.10. The van der Waals surface area contributed by atoms with Crippen molar-refractivity contribution in [1.82, 2.24) is 10.2 Å².